The van der Waals surface area contributed by atoms with E-state index in [0.29, 0.717) is 46.4 Å². The maximum Gasteiger partial charge on any atom is 0.260 e. The fourth-order valence-electron chi connectivity index (χ4n) is 4.54. The summed E-state index contributed by atoms with van der Waals surface area (Å²) in [5.74, 6) is 0.0296. The van der Waals surface area contributed by atoms with Gasteiger partial charge in [0.05, 0.1) is 71.3 Å². The number of rotatable bonds is 7. The highest BCUT2D eigenvalue weighted by Crippen LogP contribution is 2.35. The number of ether oxygens (including phenoxy) is 2. The van der Waals surface area contributed by atoms with Crippen LogP contribution in [-0.2, 0) is 9.53 Å². The van der Waals surface area contributed by atoms with Crippen molar-refractivity contribution in [3.63, 3.8) is 0 Å². The number of aryl methyl sites for hydroxylation is 1. The predicted molar refractivity (Wildman–Crippen MR) is 145 cm³/mol. The number of hydrogen-bond acceptors (Lipinski definition) is 9. The van der Waals surface area contributed by atoms with E-state index in [1.165, 1.54) is 17.5 Å². The second-order valence-corrected chi connectivity index (χ2v) is 10.3. The van der Waals surface area contributed by atoms with Gasteiger partial charge in [-0.05, 0) is 39.0 Å². The van der Waals surface area contributed by atoms with E-state index in [9.17, 15) is 9.59 Å². The highest BCUT2D eigenvalue weighted by atomic mass is 32.1. The van der Waals surface area contributed by atoms with Crippen molar-refractivity contribution < 1.29 is 19.1 Å². The molecule has 1 aliphatic rings. The third kappa shape index (κ3) is 5.52. The minimum atomic E-state index is -0.323. The van der Waals surface area contributed by atoms with E-state index >= 15 is 0 Å². The molecule has 4 aromatic heterocycles. The molecule has 2 atom stereocenters. The lowest BCUT2D eigenvalue weighted by atomic mass is 10.2. The predicted octanol–water partition coefficient (Wildman–Crippen LogP) is 3.47. The smallest absolute Gasteiger partial charge is 0.260 e. The van der Waals surface area contributed by atoms with Crippen molar-refractivity contribution in [2.45, 2.75) is 33.0 Å². The Labute approximate surface area is 223 Å². The molecule has 11 nitrogen and oxygen atoms in total. The standard InChI is InChI=1S/C26H29N7O4S/c1-15-11-32(12-16(2)37-15)14-23(34)30-18-8-21(17(3)28-9-18)31-24(35)20-10-29-33-13-22(38-26(20)33)19-6-5-7-27-25(19)36-4/h5-10,13,15-16H,11-12,14H2,1-4H3,(H,30,34)(H,31,35)/t15-,16-/m0/s1. The van der Waals surface area contributed by atoms with Crippen LogP contribution >= 0.6 is 11.3 Å². The van der Waals surface area contributed by atoms with Crippen LogP contribution in [0.5, 0.6) is 5.88 Å². The van der Waals surface area contributed by atoms with Gasteiger partial charge in [0.2, 0.25) is 11.8 Å². The van der Waals surface area contributed by atoms with Gasteiger partial charge in [-0.2, -0.15) is 5.10 Å². The molecule has 198 valence electrons. The van der Waals surface area contributed by atoms with E-state index < -0.39 is 0 Å². The van der Waals surface area contributed by atoms with Gasteiger partial charge < -0.3 is 20.1 Å². The van der Waals surface area contributed by atoms with E-state index in [4.69, 9.17) is 9.47 Å². The van der Waals surface area contributed by atoms with Crippen LogP contribution in [0.1, 0.15) is 29.9 Å². The Bertz CT molecular complexity index is 1470. The van der Waals surface area contributed by atoms with E-state index in [-0.39, 0.29) is 30.6 Å². The van der Waals surface area contributed by atoms with Crippen molar-refractivity contribution in [2.75, 3.05) is 37.4 Å². The van der Waals surface area contributed by atoms with Gasteiger partial charge in [-0.15, -0.1) is 11.3 Å². The topological polar surface area (TPSA) is 123 Å². The van der Waals surface area contributed by atoms with Crippen LogP contribution in [0.4, 0.5) is 11.4 Å². The fourth-order valence-corrected chi connectivity index (χ4v) is 5.62. The van der Waals surface area contributed by atoms with Crippen LogP contribution in [0.2, 0.25) is 0 Å². The lowest BCUT2D eigenvalue weighted by Crippen LogP contribution is -2.48. The number of nitrogens with one attached hydrogen (secondary N) is 2. The SMILES string of the molecule is COc1ncccc1-c1cn2ncc(C(=O)Nc3cc(NC(=O)CN4C[C@H](C)O[C@@H](C)C4)cnc3C)c2s1. The van der Waals surface area contributed by atoms with Crippen LogP contribution in [0.25, 0.3) is 15.3 Å². The van der Waals surface area contributed by atoms with Gasteiger partial charge in [-0.1, -0.05) is 0 Å². The monoisotopic (exact) mass is 535 g/mol. The van der Waals surface area contributed by atoms with E-state index in [0.717, 1.165) is 10.4 Å². The average molecular weight is 536 g/mol. The first-order valence-corrected chi connectivity index (χ1v) is 13.0. The van der Waals surface area contributed by atoms with Crippen molar-refractivity contribution in [2.24, 2.45) is 0 Å². The third-order valence-electron chi connectivity index (χ3n) is 6.15. The van der Waals surface area contributed by atoms with Crippen LogP contribution < -0.4 is 15.4 Å². The minimum absolute atomic E-state index is 0.0792. The molecule has 4 aromatic rings. The molecule has 5 rings (SSSR count). The molecule has 0 bridgehead atoms. The largest absolute Gasteiger partial charge is 0.481 e. The number of fused-ring (bicyclic) bond motifs is 1. The molecule has 1 saturated heterocycles. The molecule has 0 radical (unpaired) electrons. The first kappa shape index (κ1) is 25.8. The van der Waals surface area contributed by atoms with Crippen LogP contribution in [0.15, 0.2) is 43.0 Å². The lowest BCUT2D eigenvalue weighted by molar-refractivity contribution is -0.121. The molecule has 0 aromatic carbocycles. The summed E-state index contributed by atoms with van der Waals surface area (Å²) in [6, 6.07) is 5.45. The van der Waals surface area contributed by atoms with Gasteiger partial charge in [0, 0.05) is 25.5 Å². The van der Waals surface area contributed by atoms with E-state index in [2.05, 4.69) is 30.6 Å². The van der Waals surface area contributed by atoms with Crippen molar-refractivity contribution in [1.82, 2.24) is 24.5 Å². The zero-order valence-corrected chi connectivity index (χ0v) is 22.4. The normalized spacial score (nSPS) is 17.9. The number of methoxy groups -OCH3 is 1. The van der Waals surface area contributed by atoms with E-state index in [1.54, 1.807) is 37.0 Å². The molecule has 2 amide bonds. The van der Waals surface area contributed by atoms with Gasteiger partial charge in [-0.3, -0.25) is 19.5 Å². The maximum atomic E-state index is 13.2. The minimum Gasteiger partial charge on any atom is -0.481 e. The van der Waals surface area contributed by atoms with Gasteiger partial charge in [0.15, 0.2) is 0 Å². The first-order chi connectivity index (χ1) is 18.3. The molecular weight excluding hydrogens is 506 g/mol. The first-order valence-electron chi connectivity index (χ1n) is 12.2. The Kier molecular flexibility index (Phi) is 7.36. The number of morpholine rings is 1. The van der Waals surface area contributed by atoms with Crippen molar-refractivity contribution in [3.8, 4) is 16.3 Å². The van der Waals surface area contributed by atoms with Crippen LogP contribution in [-0.4, -0.2) is 75.2 Å². The van der Waals surface area contributed by atoms with Crippen molar-refractivity contribution in [3.05, 3.63) is 54.2 Å². The van der Waals surface area contributed by atoms with Gasteiger partial charge in [-0.25, -0.2) is 9.50 Å². The summed E-state index contributed by atoms with van der Waals surface area (Å²) < 4.78 is 12.8. The van der Waals surface area contributed by atoms with E-state index in [1.807, 2.05) is 32.2 Å². The van der Waals surface area contributed by atoms with Crippen molar-refractivity contribution in [1.29, 1.82) is 0 Å². The Morgan fingerprint density at radius 2 is 1.97 bits per heavy atom. The summed E-state index contributed by atoms with van der Waals surface area (Å²) in [5.41, 5.74) is 2.89. The summed E-state index contributed by atoms with van der Waals surface area (Å²) in [6.45, 7) is 7.45. The molecule has 1 aliphatic heterocycles. The number of hydrogen-bond donors (Lipinski definition) is 2. The number of nitrogens with zero attached hydrogens (tertiary/aromatic N) is 5. The summed E-state index contributed by atoms with van der Waals surface area (Å²) in [4.78, 5) is 38.2. The maximum absolute atomic E-state index is 13.2. The van der Waals surface area contributed by atoms with Crippen LogP contribution in [0, 0.1) is 6.92 Å². The summed E-state index contributed by atoms with van der Waals surface area (Å²) >= 11 is 1.42. The Hall–Kier alpha value is -3.87. The third-order valence-corrected chi connectivity index (χ3v) is 7.30. The molecule has 12 heteroatoms. The quantitative estimate of drug-likeness (QED) is 0.369. The molecule has 0 aliphatic carbocycles. The summed E-state index contributed by atoms with van der Waals surface area (Å²) in [5, 5.41) is 10.2. The second kappa shape index (κ2) is 10.9. The van der Waals surface area contributed by atoms with Gasteiger partial charge >= 0.3 is 0 Å². The zero-order valence-electron chi connectivity index (χ0n) is 21.6. The number of amides is 2. The molecule has 2 N–H and O–H groups in total. The zero-order chi connectivity index (χ0) is 26.8. The number of carbonyl (C=O) groups excluding carboxylic acids is 2. The van der Waals surface area contributed by atoms with Crippen molar-refractivity contribution >= 4 is 39.4 Å². The second-order valence-electron chi connectivity index (χ2n) is 9.27. The van der Waals surface area contributed by atoms with Gasteiger partial charge in [0.1, 0.15) is 4.83 Å². The van der Waals surface area contributed by atoms with Crippen LogP contribution in [0.3, 0.4) is 0 Å². The fraction of sp³-hybridized carbons (Fsp3) is 0.346. The summed E-state index contributed by atoms with van der Waals surface area (Å²) in [7, 11) is 1.57. The lowest BCUT2D eigenvalue weighted by Gasteiger charge is -2.34. The highest BCUT2D eigenvalue weighted by Gasteiger charge is 2.24. The summed E-state index contributed by atoms with van der Waals surface area (Å²) in [6.07, 6.45) is 6.78. The molecule has 38 heavy (non-hydrogen) atoms. The molecule has 1 fully saturated rings. The number of aromatic nitrogens is 4. The molecule has 0 unspecified atom stereocenters. The number of carbonyl (C=O) groups is 2. The van der Waals surface area contributed by atoms with Gasteiger partial charge in [0.25, 0.3) is 5.91 Å². The molecule has 0 saturated carbocycles. The Morgan fingerprint density at radius 3 is 2.74 bits per heavy atom. The Balaban J connectivity index is 1.30. The molecule has 0 spiro atoms. The average Bonchev–Trinajstić information content (AvgIpc) is 3.46. The number of anilines is 2. The highest BCUT2D eigenvalue weighted by molar-refractivity contribution is 7.21. The molecular formula is C26H29N7O4S. The Morgan fingerprint density at radius 1 is 1.18 bits per heavy atom. The number of thiazole rings is 1. The molecule has 5 heterocycles. The number of pyridine rings is 2.